The predicted octanol–water partition coefficient (Wildman–Crippen LogP) is 6.84. The van der Waals surface area contributed by atoms with Gasteiger partial charge in [0.15, 0.2) is 5.82 Å². The third kappa shape index (κ3) is 4.34. The lowest BCUT2D eigenvalue weighted by Crippen LogP contribution is -2.09. The minimum Gasteiger partial charge on any atom is -0.494 e. The second-order valence-electron chi connectivity index (χ2n) is 7.76. The molecule has 1 aliphatic rings. The zero-order valence-corrected chi connectivity index (χ0v) is 19.0. The zero-order chi connectivity index (χ0) is 21.9. The van der Waals surface area contributed by atoms with Gasteiger partial charge in [-0.1, -0.05) is 48.0 Å². The highest BCUT2D eigenvalue weighted by atomic mass is 32.2. The molecule has 0 amide bonds. The summed E-state index contributed by atoms with van der Waals surface area (Å²) in [5.74, 6) is 3.87. The van der Waals surface area contributed by atoms with Gasteiger partial charge in [-0.3, -0.25) is 0 Å². The Bertz CT molecular complexity index is 1240. The van der Waals surface area contributed by atoms with Crippen LogP contribution < -0.4 is 9.47 Å². The Kier molecular flexibility index (Phi) is 5.82. The standard InChI is InChI=1S/C27H24N2O2S/c1-3-30-22-12-10-20(11-13-22)25-28-26-23(16-21-15-18(2)9-14-24(21)31-26)27(29-25)32-17-19-7-5-4-6-8-19/h4-15H,3,16-17H2,1-2H3. The van der Waals surface area contributed by atoms with Gasteiger partial charge in [0.1, 0.15) is 16.5 Å². The molecule has 5 heteroatoms. The fourth-order valence-electron chi connectivity index (χ4n) is 3.76. The first-order valence-electron chi connectivity index (χ1n) is 10.8. The van der Waals surface area contributed by atoms with E-state index >= 15 is 0 Å². The Labute approximate surface area is 192 Å². The third-order valence-electron chi connectivity index (χ3n) is 5.36. The van der Waals surface area contributed by atoms with E-state index < -0.39 is 0 Å². The largest absolute Gasteiger partial charge is 0.494 e. The van der Waals surface area contributed by atoms with Crippen molar-refractivity contribution in [3.8, 4) is 28.8 Å². The highest BCUT2D eigenvalue weighted by molar-refractivity contribution is 7.98. The molecule has 0 unspecified atom stereocenters. The second kappa shape index (κ2) is 9.05. The third-order valence-corrected chi connectivity index (χ3v) is 6.45. The van der Waals surface area contributed by atoms with Gasteiger partial charge in [0.2, 0.25) is 5.88 Å². The Morgan fingerprint density at radius 2 is 1.78 bits per heavy atom. The fraction of sp³-hybridized carbons (Fsp3) is 0.185. The van der Waals surface area contributed by atoms with Crippen molar-refractivity contribution >= 4 is 11.8 Å². The van der Waals surface area contributed by atoms with Crippen molar-refractivity contribution in [3.63, 3.8) is 0 Å². The molecule has 32 heavy (non-hydrogen) atoms. The van der Waals surface area contributed by atoms with Crippen LogP contribution in [0.1, 0.15) is 29.2 Å². The van der Waals surface area contributed by atoms with Crippen LogP contribution in [0.2, 0.25) is 0 Å². The molecule has 0 N–H and O–H groups in total. The summed E-state index contributed by atoms with van der Waals surface area (Å²) in [5, 5.41) is 0.967. The SMILES string of the molecule is CCOc1ccc(-c2nc3c(c(SCc4ccccc4)n2)Cc2cc(C)ccc2O3)cc1. The van der Waals surface area contributed by atoms with Crippen molar-refractivity contribution in [2.24, 2.45) is 0 Å². The Balaban J connectivity index is 1.53. The fourth-order valence-corrected chi connectivity index (χ4v) is 4.74. The number of hydrogen-bond acceptors (Lipinski definition) is 5. The van der Waals surface area contributed by atoms with Crippen molar-refractivity contribution in [1.29, 1.82) is 0 Å². The average Bonchev–Trinajstić information content (AvgIpc) is 2.82. The summed E-state index contributed by atoms with van der Waals surface area (Å²) in [4.78, 5) is 9.78. The maximum Gasteiger partial charge on any atom is 0.227 e. The van der Waals surface area contributed by atoms with Gasteiger partial charge in [-0.05, 0) is 55.3 Å². The molecule has 0 saturated carbocycles. The van der Waals surface area contributed by atoms with Crippen LogP contribution in [0.4, 0.5) is 0 Å². The minimum atomic E-state index is 0.641. The van der Waals surface area contributed by atoms with Gasteiger partial charge in [0, 0.05) is 17.7 Å². The molecule has 1 aromatic heterocycles. The lowest BCUT2D eigenvalue weighted by atomic mass is 10.0. The quantitative estimate of drug-likeness (QED) is 0.214. The van der Waals surface area contributed by atoms with E-state index in [1.807, 2.05) is 43.3 Å². The van der Waals surface area contributed by atoms with Crippen LogP contribution in [0.5, 0.6) is 17.4 Å². The maximum atomic E-state index is 6.26. The second-order valence-corrected chi connectivity index (χ2v) is 8.72. The Morgan fingerprint density at radius 3 is 2.56 bits per heavy atom. The molecule has 0 saturated heterocycles. The van der Waals surface area contributed by atoms with E-state index in [1.54, 1.807) is 11.8 Å². The number of benzene rings is 3. The summed E-state index contributed by atoms with van der Waals surface area (Å²) in [6.07, 6.45) is 0.771. The van der Waals surface area contributed by atoms with Crippen molar-refractivity contribution in [2.45, 2.75) is 31.0 Å². The summed E-state index contributed by atoms with van der Waals surface area (Å²) >= 11 is 1.73. The summed E-state index contributed by atoms with van der Waals surface area (Å²) in [7, 11) is 0. The topological polar surface area (TPSA) is 44.2 Å². The molecular weight excluding hydrogens is 416 g/mol. The summed E-state index contributed by atoms with van der Waals surface area (Å²) in [6, 6.07) is 24.7. The number of fused-ring (bicyclic) bond motifs is 2. The molecule has 0 atom stereocenters. The number of rotatable bonds is 6. The van der Waals surface area contributed by atoms with Crippen molar-refractivity contribution in [3.05, 3.63) is 95.1 Å². The number of ether oxygens (including phenoxy) is 2. The molecule has 0 aliphatic carbocycles. The van der Waals surface area contributed by atoms with Crippen LogP contribution >= 0.6 is 11.8 Å². The van der Waals surface area contributed by atoms with Crippen LogP contribution in [-0.4, -0.2) is 16.6 Å². The first-order chi connectivity index (χ1) is 15.7. The van der Waals surface area contributed by atoms with Gasteiger partial charge in [0.05, 0.1) is 12.2 Å². The van der Waals surface area contributed by atoms with E-state index in [0.717, 1.165) is 39.8 Å². The molecular formula is C27H24N2O2S. The Morgan fingerprint density at radius 1 is 0.969 bits per heavy atom. The van der Waals surface area contributed by atoms with E-state index in [1.165, 1.54) is 16.7 Å². The van der Waals surface area contributed by atoms with Crippen LogP contribution in [-0.2, 0) is 12.2 Å². The van der Waals surface area contributed by atoms with Crippen LogP contribution in [0.15, 0.2) is 77.8 Å². The molecule has 0 spiro atoms. The molecule has 4 nitrogen and oxygen atoms in total. The molecule has 5 rings (SSSR count). The van der Waals surface area contributed by atoms with Gasteiger partial charge in [0.25, 0.3) is 0 Å². The minimum absolute atomic E-state index is 0.641. The molecule has 0 fully saturated rings. The van der Waals surface area contributed by atoms with E-state index in [-0.39, 0.29) is 0 Å². The summed E-state index contributed by atoms with van der Waals surface area (Å²) in [5.41, 5.74) is 5.66. The number of nitrogens with zero attached hydrogens (tertiary/aromatic N) is 2. The van der Waals surface area contributed by atoms with E-state index in [0.29, 0.717) is 18.3 Å². The van der Waals surface area contributed by atoms with Gasteiger partial charge in [-0.15, -0.1) is 11.8 Å². The number of aryl methyl sites for hydroxylation is 1. The van der Waals surface area contributed by atoms with E-state index in [2.05, 4.69) is 43.3 Å². The maximum absolute atomic E-state index is 6.26. The van der Waals surface area contributed by atoms with E-state index in [9.17, 15) is 0 Å². The van der Waals surface area contributed by atoms with Crippen LogP contribution in [0.3, 0.4) is 0 Å². The lowest BCUT2D eigenvalue weighted by molar-refractivity contribution is 0.340. The van der Waals surface area contributed by atoms with E-state index in [4.69, 9.17) is 19.4 Å². The van der Waals surface area contributed by atoms with Crippen LogP contribution in [0.25, 0.3) is 11.4 Å². The monoisotopic (exact) mass is 440 g/mol. The summed E-state index contributed by atoms with van der Waals surface area (Å²) in [6.45, 7) is 4.72. The Hall–Kier alpha value is -3.31. The van der Waals surface area contributed by atoms with Crippen molar-refractivity contribution in [1.82, 2.24) is 9.97 Å². The molecule has 0 radical (unpaired) electrons. The zero-order valence-electron chi connectivity index (χ0n) is 18.2. The number of hydrogen-bond donors (Lipinski definition) is 0. The average molecular weight is 441 g/mol. The van der Waals surface area contributed by atoms with Crippen molar-refractivity contribution < 1.29 is 9.47 Å². The molecule has 4 aromatic rings. The molecule has 1 aliphatic heterocycles. The van der Waals surface area contributed by atoms with Crippen LogP contribution in [0, 0.1) is 6.92 Å². The molecule has 160 valence electrons. The number of aromatic nitrogens is 2. The first kappa shape index (κ1) is 20.6. The normalized spacial score (nSPS) is 11.9. The van der Waals surface area contributed by atoms with Crippen molar-refractivity contribution in [2.75, 3.05) is 6.61 Å². The smallest absolute Gasteiger partial charge is 0.227 e. The van der Waals surface area contributed by atoms with Gasteiger partial charge in [-0.2, -0.15) is 4.98 Å². The van der Waals surface area contributed by atoms with Gasteiger partial charge < -0.3 is 9.47 Å². The lowest BCUT2D eigenvalue weighted by Gasteiger charge is -2.22. The number of thioether (sulfide) groups is 1. The molecule has 2 heterocycles. The molecule has 3 aromatic carbocycles. The van der Waals surface area contributed by atoms with Gasteiger partial charge in [-0.25, -0.2) is 4.98 Å². The highest BCUT2D eigenvalue weighted by Gasteiger charge is 2.24. The first-order valence-corrected chi connectivity index (χ1v) is 11.8. The highest BCUT2D eigenvalue weighted by Crippen LogP contribution is 2.41. The van der Waals surface area contributed by atoms with Gasteiger partial charge >= 0.3 is 0 Å². The summed E-state index contributed by atoms with van der Waals surface area (Å²) < 4.78 is 11.8. The molecule has 0 bridgehead atoms. The predicted molar refractivity (Wildman–Crippen MR) is 129 cm³/mol.